The second kappa shape index (κ2) is 8.18. The summed E-state index contributed by atoms with van der Waals surface area (Å²) in [5, 5.41) is 15.8. The molecule has 1 atom stereocenters. The summed E-state index contributed by atoms with van der Waals surface area (Å²) in [7, 11) is 0. The maximum absolute atomic E-state index is 13.3. The molecule has 1 aliphatic rings. The van der Waals surface area contributed by atoms with Gasteiger partial charge in [0, 0.05) is 27.5 Å². The Hall–Kier alpha value is -3.35. The summed E-state index contributed by atoms with van der Waals surface area (Å²) in [4.78, 5) is 25.9. The number of carbonyl (C=O) groups is 1. The first kappa shape index (κ1) is 19.9. The quantitative estimate of drug-likeness (QED) is 0.391. The first-order chi connectivity index (χ1) is 14.4. The number of amides is 1. The zero-order valence-electron chi connectivity index (χ0n) is 15.5. The van der Waals surface area contributed by atoms with Gasteiger partial charge in [0.2, 0.25) is 0 Å². The van der Waals surface area contributed by atoms with Crippen molar-refractivity contribution < 1.29 is 9.72 Å². The summed E-state index contributed by atoms with van der Waals surface area (Å²) in [6.45, 7) is 0. The van der Waals surface area contributed by atoms with Crippen LogP contribution in [0.25, 0.3) is 0 Å². The van der Waals surface area contributed by atoms with Crippen LogP contribution in [0.2, 0.25) is 10.0 Å². The third-order valence-corrected chi connectivity index (χ3v) is 5.24. The van der Waals surface area contributed by atoms with Gasteiger partial charge in [-0.15, -0.1) is 0 Å². The van der Waals surface area contributed by atoms with Crippen LogP contribution in [-0.2, 0) is 4.79 Å². The Morgan fingerprint density at radius 2 is 1.50 bits per heavy atom. The highest BCUT2D eigenvalue weighted by Crippen LogP contribution is 2.39. The van der Waals surface area contributed by atoms with E-state index >= 15 is 0 Å². The highest BCUT2D eigenvalue weighted by molar-refractivity contribution is 6.31. The first-order valence-electron chi connectivity index (χ1n) is 9.01. The molecule has 1 unspecified atom stereocenters. The zero-order valence-corrected chi connectivity index (χ0v) is 17.0. The number of hydrogen-bond acceptors (Lipinski definition) is 4. The van der Waals surface area contributed by atoms with Crippen molar-refractivity contribution in [2.24, 2.45) is 0 Å². The largest absolute Gasteiger partial charge is 0.351 e. The summed E-state index contributed by atoms with van der Waals surface area (Å²) in [5.41, 5.74) is 1.93. The topological polar surface area (TPSA) is 75.5 Å². The molecule has 0 saturated carbocycles. The number of halogens is 2. The molecule has 0 spiro atoms. The van der Waals surface area contributed by atoms with Crippen molar-refractivity contribution in [2.45, 2.75) is 6.04 Å². The zero-order chi connectivity index (χ0) is 21.3. The predicted molar refractivity (Wildman–Crippen MR) is 118 cm³/mol. The minimum Gasteiger partial charge on any atom is -0.351 e. The molecule has 0 aromatic heterocycles. The van der Waals surface area contributed by atoms with Crippen LogP contribution in [0, 0.1) is 10.1 Å². The summed E-state index contributed by atoms with van der Waals surface area (Å²) in [6.07, 6.45) is 1.69. The molecule has 8 heteroatoms. The molecule has 6 nitrogen and oxygen atoms in total. The summed E-state index contributed by atoms with van der Waals surface area (Å²) < 4.78 is 0. The van der Waals surface area contributed by atoms with Crippen LogP contribution in [0.15, 0.2) is 84.6 Å². The van der Waals surface area contributed by atoms with Crippen molar-refractivity contribution in [1.29, 1.82) is 0 Å². The first-order valence-corrected chi connectivity index (χ1v) is 9.76. The van der Waals surface area contributed by atoms with Gasteiger partial charge < -0.3 is 5.32 Å². The maximum Gasteiger partial charge on any atom is 0.275 e. The van der Waals surface area contributed by atoms with Crippen LogP contribution in [0.5, 0.6) is 0 Å². The molecule has 1 heterocycles. The molecule has 1 N–H and O–H groups in total. The van der Waals surface area contributed by atoms with E-state index in [2.05, 4.69) is 5.32 Å². The molecular formula is C22H15Cl2N3O3. The fourth-order valence-corrected chi connectivity index (χ4v) is 3.61. The summed E-state index contributed by atoms with van der Waals surface area (Å²) in [5.74, 6) is -0.310. The van der Waals surface area contributed by atoms with E-state index in [1.165, 1.54) is 11.0 Å². The van der Waals surface area contributed by atoms with Gasteiger partial charge in [-0.25, -0.2) is 0 Å². The molecule has 0 fully saturated rings. The van der Waals surface area contributed by atoms with Gasteiger partial charge in [-0.1, -0.05) is 35.3 Å². The van der Waals surface area contributed by atoms with E-state index in [-0.39, 0.29) is 11.6 Å². The van der Waals surface area contributed by atoms with Crippen LogP contribution in [0.4, 0.5) is 17.1 Å². The maximum atomic E-state index is 13.3. The van der Waals surface area contributed by atoms with Gasteiger partial charge in [-0.05, 0) is 60.7 Å². The Labute approximate surface area is 182 Å². The van der Waals surface area contributed by atoms with Crippen molar-refractivity contribution in [2.75, 3.05) is 10.2 Å². The molecule has 0 saturated heterocycles. The Kier molecular flexibility index (Phi) is 5.44. The van der Waals surface area contributed by atoms with Crippen molar-refractivity contribution in [1.82, 2.24) is 0 Å². The molecule has 3 aromatic rings. The number of anilines is 2. The van der Waals surface area contributed by atoms with Crippen LogP contribution >= 0.6 is 23.2 Å². The lowest BCUT2D eigenvalue weighted by molar-refractivity contribution is -0.385. The minimum absolute atomic E-state index is 0.0572. The van der Waals surface area contributed by atoms with Gasteiger partial charge in [0.05, 0.1) is 16.5 Å². The van der Waals surface area contributed by atoms with E-state index in [4.69, 9.17) is 23.2 Å². The fraction of sp³-hybridized carbons (Fsp3) is 0.0455. The molecule has 150 valence electrons. The number of benzene rings is 3. The number of nitro groups is 1. The number of para-hydroxylation sites is 1. The lowest BCUT2D eigenvalue weighted by Crippen LogP contribution is -2.31. The van der Waals surface area contributed by atoms with Gasteiger partial charge in [0.25, 0.3) is 11.6 Å². The van der Waals surface area contributed by atoms with E-state index < -0.39 is 11.0 Å². The van der Waals surface area contributed by atoms with E-state index in [9.17, 15) is 14.9 Å². The number of hydrogen-bond donors (Lipinski definition) is 1. The van der Waals surface area contributed by atoms with E-state index in [1.54, 1.807) is 72.8 Å². The number of nitrogens with zero attached hydrogens (tertiary/aromatic N) is 2. The molecule has 0 radical (unpaired) electrons. The van der Waals surface area contributed by atoms with Gasteiger partial charge in [-0.3, -0.25) is 19.8 Å². The van der Waals surface area contributed by atoms with Gasteiger partial charge >= 0.3 is 0 Å². The number of nitro benzene ring substituents is 1. The van der Waals surface area contributed by atoms with Crippen LogP contribution in [-0.4, -0.2) is 10.8 Å². The third-order valence-electron chi connectivity index (χ3n) is 4.73. The third kappa shape index (κ3) is 3.87. The standard InChI is InChI=1S/C22H15Cl2N3O3/c23-14-5-9-16(10-6-14)25-19-13-21(18-3-1-2-4-20(18)27(29)30)26(22(19)28)17-11-7-15(24)8-12-17/h1-13,21,25H. The number of carbonyl (C=O) groups excluding carboxylic acids is 1. The second-order valence-corrected chi connectivity index (χ2v) is 7.50. The fourth-order valence-electron chi connectivity index (χ4n) is 3.36. The highest BCUT2D eigenvalue weighted by Gasteiger charge is 2.37. The van der Waals surface area contributed by atoms with Crippen LogP contribution in [0.1, 0.15) is 11.6 Å². The second-order valence-electron chi connectivity index (χ2n) is 6.62. The Morgan fingerprint density at radius 1 is 0.900 bits per heavy atom. The SMILES string of the molecule is O=C1C(Nc2ccc(Cl)cc2)=CC(c2ccccc2[N+](=O)[O-])N1c1ccc(Cl)cc1. The van der Waals surface area contributed by atoms with Crippen molar-refractivity contribution in [3.05, 3.63) is 110 Å². The van der Waals surface area contributed by atoms with Gasteiger partial charge in [-0.2, -0.15) is 0 Å². The van der Waals surface area contributed by atoms with Gasteiger partial charge in [0.15, 0.2) is 0 Å². The van der Waals surface area contributed by atoms with E-state index in [1.807, 2.05) is 0 Å². The molecule has 1 amide bonds. The molecule has 1 aliphatic heterocycles. The van der Waals surface area contributed by atoms with Crippen molar-refractivity contribution in [3.8, 4) is 0 Å². The lowest BCUT2D eigenvalue weighted by atomic mass is 10.0. The van der Waals surface area contributed by atoms with Crippen molar-refractivity contribution >= 4 is 46.2 Å². The van der Waals surface area contributed by atoms with E-state index in [0.29, 0.717) is 32.7 Å². The monoisotopic (exact) mass is 439 g/mol. The predicted octanol–water partition coefficient (Wildman–Crippen LogP) is 5.99. The Morgan fingerprint density at radius 3 is 2.13 bits per heavy atom. The van der Waals surface area contributed by atoms with Crippen molar-refractivity contribution in [3.63, 3.8) is 0 Å². The number of nitrogens with one attached hydrogen (secondary N) is 1. The number of rotatable bonds is 5. The van der Waals surface area contributed by atoms with E-state index in [0.717, 1.165) is 0 Å². The molecular weight excluding hydrogens is 425 g/mol. The molecule has 4 rings (SSSR count). The normalized spacial score (nSPS) is 15.8. The Bertz CT molecular complexity index is 1150. The van der Waals surface area contributed by atoms with Crippen LogP contribution in [0.3, 0.4) is 0 Å². The lowest BCUT2D eigenvalue weighted by Gasteiger charge is -2.25. The summed E-state index contributed by atoms with van der Waals surface area (Å²) >= 11 is 11.9. The molecule has 0 aliphatic carbocycles. The molecule has 0 bridgehead atoms. The minimum atomic E-state index is -0.657. The molecule has 30 heavy (non-hydrogen) atoms. The van der Waals surface area contributed by atoms with Gasteiger partial charge in [0.1, 0.15) is 5.70 Å². The smallest absolute Gasteiger partial charge is 0.275 e. The van der Waals surface area contributed by atoms with Crippen LogP contribution < -0.4 is 10.2 Å². The average molecular weight is 440 g/mol. The summed E-state index contributed by atoms with van der Waals surface area (Å²) in [6, 6.07) is 19.4. The average Bonchev–Trinajstić information content (AvgIpc) is 3.06. The highest BCUT2D eigenvalue weighted by atomic mass is 35.5. The Balaban J connectivity index is 1.79. The molecule has 3 aromatic carbocycles.